The number of rotatable bonds is 3. The van der Waals surface area contributed by atoms with E-state index in [1.54, 1.807) is 12.3 Å². The van der Waals surface area contributed by atoms with Gasteiger partial charge in [-0.3, -0.25) is 14.5 Å². The summed E-state index contributed by atoms with van der Waals surface area (Å²) in [5, 5.41) is 4.38. The van der Waals surface area contributed by atoms with Crippen molar-refractivity contribution in [1.29, 1.82) is 0 Å². The molecule has 1 aliphatic heterocycles. The van der Waals surface area contributed by atoms with Crippen molar-refractivity contribution in [3.05, 3.63) is 54.1 Å². The van der Waals surface area contributed by atoms with Crippen molar-refractivity contribution in [1.82, 2.24) is 19.7 Å². The predicted molar refractivity (Wildman–Crippen MR) is 85.3 cm³/mol. The molecule has 3 rings (SSSR count). The van der Waals surface area contributed by atoms with Crippen molar-refractivity contribution in [2.45, 2.75) is 26.3 Å². The first-order valence-corrected chi connectivity index (χ1v) is 7.59. The van der Waals surface area contributed by atoms with Gasteiger partial charge >= 0.3 is 0 Å². The number of carbonyl (C=O) groups is 1. The van der Waals surface area contributed by atoms with Crippen LogP contribution >= 0.6 is 0 Å². The van der Waals surface area contributed by atoms with E-state index in [1.807, 2.05) is 48.0 Å². The molecule has 5 nitrogen and oxygen atoms in total. The summed E-state index contributed by atoms with van der Waals surface area (Å²) in [7, 11) is 0. The van der Waals surface area contributed by atoms with Crippen LogP contribution in [0.25, 0.3) is 5.57 Å². The van der Waals surface area contributed by atoms with E-state index in [-0.39, 0.29) is 11.9 Å². The van der Waals surface area contributed by atoms with E-state index in [2.05, 4.69) is 16.2 Å². The molecular formula is C17H20N4O. The molecule has 0 aromatic carbocycles. The summed E-state index contributed by atoms with van der Waals surface area (Å²) >= 11 is 0. The van der Waals surface area contributed by atoms with Gasteiger partial charge in [-0.1, -0.05) is 12.1 Å². The van der Waals surface area contributed by atoms with Gasteiger partial charge in [0.05, 0.1) is 0 Å². The third-order valence-corrected chi connectivity index (χ3v) is 3.83. The Morgan fingerprint density at radius 2 is 2.18 bits per heavy atom. The molecule has 0 radical (unpaired) electrons. The van der Waals surface area contributed by atoms with Crippen molar-refractivity contribution in [3.63, 3.8) is 0 Å². The van der Waals surface area contributed by atoms with Gasteiger partial charge in [0, 0.05) is 37.7 Å². The molecule has 3 heterocycles. The Morgan fingerprint density at radius 1 is 1.32 bits per heavy atom. The lowest BCUT2D eigenvalue weighted by Gasteiger charge is -2.27. The second-order valence-corrected chi connectivity index (χ2v) is 5.76. The molecule has 0 fully saturated rings. The zero-order valence-corrected chi connectivity index (χ0v) is 12.9. The van der Waals surface area contributed by atoms with Crippen LogP contribution in [0.15, 0.2) is 42.9 Å². The van der Waals surface area contributed by atoms with Crippen LogP contribution in [0.3, 0.4) is 0 Å². The first kappa shape index (κ1) is 14.5. The van der Waals surface area contributed by atoms with E-state index in [1.165, 1.54) is 0 Å². The monoisotopic (exact) mass is 296 g/mol. The predicted octanol–water partition coefficient (Wildman–Crippen LogP) is 2.79. The summed E-state index contributed by atoms with van der Waals surface area (Å²) in [6.45, 7) is 5.44. The molecule has 0 unspecified atom stereocenters. The SMILES string of the molecule is CC(C)n1ccc(C(=O)N2CCC=C(c3cccnc3)C2)n1. The topological polar surface area (TPSA) is 51.0 Å². The van der Waals surface area contributed by atoms with E-state index in [4.69, 9.17) is 0 Å². The minimum atomic E-state index is -0.00566. The van der Waals surface area contributed by atoms with Crippen LogP contribution in [0.2, 0.25) is 0 Å². The van der Waals surface area contributed by atoms with Crippen LogP contribution in [0, 0.1) is 0 Å². The van der Waals surface area contributed by atoms with E-state index in [0.29, 0.717) is 12.2 Å². The van der Waals surface area contributed by atoms with E-state index >= 15 is 0 Å². The highest BCUT2D eigenvalue weighted by Crippen LogP contribution is 2.21. The third kappa shape index (κ3) is 2.93. The molecule has 114 valence electrons. The highest BCUT2D eigenvalue weighted by molar-refractivity contribution is 5.93. The van der Waals surface area contributed by atoms with Gasteiger partial charge in [-0.05, 0) is 43.5 Å². The van der Waals surface area contributed by atoms with E-state index in [0.717, 1.165) is 24.1 Å². The zero-order valence-electron chi connectivity index (χ0n) is 12.9. The minimum absolute atomic E-state index is 0.00566. The fourth-order valence-electron chi connectivity index (χ4n) is 2.58. The maximum Gasteiger partial charge on any atom is 0.274 e. The number of pyridine rings is 1. The normalized spacial score (nSPS) is 15.0. The molecule has 2 aromatic rings. The summed E-state index contributed by atoms with van der Waals surface area (Å²) in [5.41, 5.74) is 2.74. The molecule has 2 aromatic heterocycles. The Morgan fingerprint density at radius 3 is 2.86 bits per heavy atom. The fraction of sp³-hybridized carbons (Fsp3) is 0.353. The molecule has 1 amide bonds. The number of aromatic nitrogens is 3. The molecule has 0 spiro atoms. The Hall–Kier alpha value is -2.43. The lowest BCUT2D eigenvalue weighted by molar-refractivity contribution is 0.0768. The van der Waals surface area contributed by atoms with Gasteiger partial charge < -0.3 is 4.90 Å². The molecule has 22 heavy (non-hydrogen) atoms. The van der Waals surface area contributed by atoms with Gasteiger partial charge in [-0.2, -0.15) is 5.10 Å². The number of hydrogen-bond donors (Lipinski definition) is 0. The maximum atomic E-state index is 12.6. The molecule has 0 atom stereocenters. The molecule has 0 saturated carbocycles. The van der Waals surface area contributed by atoms with Gasteiger partial charge in [-0.15, -0.1) is 0 Å². The molecule has 5 heteroatoms. The summed E-state index contributed by atoms with van der Waals surface area (Å²) in [6, 6.07) is 6.00. The first-order chi connectivity index (χ1) is 10.6. The van der Waals surface area contributed by atoms with Gasteiger partial charge in [0.1, 0.15) is 5.69 Å². The fourth-order valence-corrected chi connectivity index (χ4v) is 2.58. The molecular weight excluding hydrogens is 276 g/mol. The van der Waals surface area contributed by atoms with Crippen molar-refractivity contribution in [2.24, 2.45) is 0 Å². The maximum absolute atomic E-state index is 12.6. The number of hydrogen-bond acceptors (Lipinski definition) is 3. The molecule has 0 saturated heterocycles. The van der Waals surface area contributed by atoms with E-state index in [9.17, 15) is 4.79 Å². The summed E-state index contributed by atoms with van der Waals surface area (Å²) < 4.78 is 1.81. The Balaban J connectivity index is 1.75. The summed E-state index contributed by atoms with van der Waals surface area (Å²) in [5.74, 6) is -0.00566. The van der Waals surface area contributed by atoms with Crippen molar-refractivity contribution in [2.75, 3.05) is 13.1 Å². The Kier molecular flexibility index (Phi) is 4.04. The molecule has 1 aliphatic rings. The van der Waals surface area contributed by atoms with Crippen LogP contribution in [-0.2, 0) is 0 Å². The number of nitrogens with zero attached hydrogens (tertiary/aromatic N) is 4. The largest absolute Gasteiger partial charge is 0.333 e. The van der Waals surface area contributed by atoms with Gasteiger partial charge in [0.2, 0.25) is 0 Å². The van der Waals surface area contributed by atoms with E-state index < -0.39 is 0 Å². The third-order valence-electron chi connectivity index (χ3n) is 3.83. The average molecular weight is 296 g/mol. The summed E-state index contributed by atoms with van der Waals surface area (Å²) in [6.07, 6.45) is 8.51. The molecule has 0 bridgehead atoms. The Bertz CT molecular complexity index is 688. The van der Waals surface area contributed by atoms with Crippen LogP contribution in [0.1, 0.15) is 42.4 Å². The molecule has 0 N–H and O–H groups in total. The second kappa shape index (κ2) is 6.13. The quantitative estimate of drug-likeness (QED) is 0.875. The standard InChI is InChI=1S/C17H20N4O/c1-13(2)21-10-7-16(19-21)17(22)20-9-4-6-15(12-20)14-5-3-8-18-11-14/h3,5-8,10-11,13H,4,9,12H2,1-2H3. The van der Waals surface area contributed by atoms with Crippen LogP contribution < -0.4 is 0 Å². The van der Waals surface area contributed by atoms with Gasteiger partial charge in [-0.25, -0.2) is 0 Å². The number of carbonyl (C=O) groups excluding carboxylic acids is 1. The van der Waals surface area contributed by atoms with Crippen molar-refractivity contribution in [3.8, 4) is 0 Å². The number of amides is 1. The van der Waals surface area contributed by atoms with Gasteiger partial charge in [0.25, 0.3) is 5.91 Å². The van der Waals surface area contributed by atoms with Crippen LogP contribution in [0.5, 0.6) is 0 Å². The molecule has 0 aliphatic carbocycles. The lowest BCUT2D eigenvalue weighted by atomic mass is 10.0. The van der Waals surface area contributed by atoms with Crippen molar-refractivity contribution >= 4 is 11.5 Å². The highest BCUT2D eigenvalue weighted by atomic mass is 16.2. The smallest absolute Gasteiger partial charge is 0.274 e. The minimum Gasteiger partial charge on any atom is -0.333 e. The lowest BCUT2D eigenvalue weighted by Crippen LogP contribution is -2.35. The second-order valence-electron chi connectivity index (χ2n) is 5.76. The highest BCUT2D eigenvalue weighted by Gasteiger charge is 2.22. The van der Waals surface area contributed by atoms with Gasteiger partial charge in [0.15, 0.2) is 0 Å². The summed E-state index contributed by atoms with van der Waals surface area (Å²) in [4.78, 5) is 18.6. The van der Waals surface area contributed by atoms with Crippen molar-refractivity contribution < 1.29 is 4.79 Å². The zero-order chi connectivity index (χ0) is 15.5. The van der Waals surface area contributed by atoms with Crippen LogP contribution in [-0.4, -0.2) is 38.7 Å². The van der Waals surface area contributed by atoms with Crippen LogP contribution in [0.4, 0.5) is 0 Å². The Labute approximate surface area is 130 Å². The average Bonchev–Trinajstić information content (AvgIpc) is 3.05. The first-order valence-electron chi connectivity index (χ1n) is 7.59.